The second-order valence-electron chi connectivity index (χ2n) is 9.25. The summed E-state index contributed by atoms with van der Waals surface area (Å²) in [4.78, 5) is 4.58. The zero-order valence-electron chi connectivity index (χ0n) is 20.3. The number of benzene rings is 3. The summed E-state index contributed by atoms with van der Waals surface area (Å²) in [6.07, 6.45) is 2.59. The monoisotopic (exact) mass is 507 g/mol. The molecular weight excluding hydrogens is 482 g/mol. The molecule has 0 unspecified atom stereocenters. The summed E-state index contributed by atoms with van der Waals surface area (Å²) >= 11 is 0. The third kappa shape index (κ3) is 4.66. The molecule has 0 radical (unpaired) electrons. The van der Waals surface area contributed by atoms with Crippen molar-refractivity contribution in [2.24, 2.45) is 0 Å². The van der Waals surface area contributed by atoms with Gasteiger partial charge in [0.15, 0.2) is 10.8 Å². The van der Waals surface area contributed by atoms with Crippen LogP contribution in [-0.4, -0.2) is 18.6 Å². The zero-order chi connectivity index (χ0) is 25.4. The van der Waals surface area contributed by atoms with Gasteiger partial charge < -0.3 is 9.84 Å². The van der Waals surface area contributed by atoms with Crippen molar-refractivity contribution in [3.8, 4) is 22.5 Å². The molecule has 0 spiro atoms. The lowest BCUT2D eigenvalue weighted by atomic mass is 10.0. The first-order valence-electron chi connectivity index (χ1n) is 12.2. The van der Waals surface area contributed by atoms with Gasteiger partial charge in [-0.05, 0) is 66.6 Å². The predicted octanol–water partition coefficient (Wildman–Crippen LogP) is 7.17. The van der Waals surface area contributed by atoms with E-state index < -0.39 is 9.84 Å². The first kappa shape index (κ1) is 23.2. The first-order valence-corrected chi connectivity index (χ1v) is 13.7. The van der Waals surface area contributed by atoms with Crippen LogP contribution in [-0.2, 0) is 9.84 Å². The van der Waals surface area contributed by atoms with E-state index in [1.54, 1.807) is 42.5 Å². The highest BCUT2D eigenvalue weighted by molar-refractivity contribution is 7.91. The van der Waals surface area contributed by atoms with Crippen LogP contribution in [0.25, 0.3) is 22.5 Å². The standard InChI is InChI=1S/C30H25N3O3S/c1-20-29(32-27-8-5-9-28(31-27)37(34,35)26-6-3-2-4-7-26)30(36-33-20)25-18-16-24(17-19-25)23-14-12-22(13-15-23)21-10-11-21/h2-9,12-19,21H,10-11H2,1H3,(H,31,32). The molecule has 2 heterocycles. The average Bonchev–Trinajstić information content (AvgIpc) is 3.73. The Bertz CT molecular complexity index is 1660. The van der Waals surface area contributed by atoms with E-state index in [-0.39, 0.29) is 9.92 Å². The molecule has 1 fully saturated rings. The smallest absolute Gasteiger partial charge is 0.223 e. The van der Waals surface area contributed by atoms with Gasteiger partial charge in [-0.15, -0.1) is 0 Å². The number of aromatic nitrogens is 2. The molecule has 1 saturated carbocycles. The highest BCUT2D eigenvalue weighted by Gasteiger charge is 2.23. The molecule has 0 atom stereocenters. The Balaban J connectivity index is 1.26. The SMILES string of the molecule is Cc1noc(-c2ccc(-c3ccc(C4CC4)cc3)cc2)c1Nc1cccc(S(=O)(=O)c2ccccc2)n1. The van der Waals surface area contributed by atoms with E-state index in [9.17, 15) is 8.42 Å². The van der Waals surface area contributed by atoms with E-state index in [4.69, 9.17) is 4.52 Å². The van der Waals surface area contributed by atoms with E-state index in [0.29, 0.717) is 23.0 Å². The summed E-state index contributed by atoms with van der Waals surface area (Å²) in [5.74, 6) is 1.69. The molecule has 0 saturated heterocycles. The number of nitrogens with one attached hydrogen (secondary N) is 1. The van der Waals surface area contributed by atoms with Crippen LogP contribution in [0, 0.1) is 6.92 Å². The number of sulfone groups is 1. The van der Waals surface area contributed by atoms with Crippen molar-refractivity contribution in [3.63, 3.8) is 0 Å². The lowest BCUT2D eigenvalue weighted by molar-refractivity contribution is 0.427. The minimum atomic E-state index is -3.74. The van der Waals surface area contributed by atoms with E-state index in [2.05, 4.69) is 51.9 Å². The van der Waals surface area contributed by atoms with Crippen LogP contribution >= 0.6 is 0 Å². The largest absolute Gasteiger partial charge is 0.354 e. The van der Waals surface area contributed by atoms with Crippen molar-refractivity contribution in [3.05, 3.63) is 108 Å². The molecule has 0 aliphatic heterocycles. The molecule has 184 valence electrons. The minimum absolute atomic E-state index is 0.0311. The van der Waals surface area contributed by atoms with Crippen molar-refractivity contribution >= 4 is 21.3 Å². The summed E-state index contributed by atoms with van der Waals surface area (Å²) in [6, 6.07) is 30.1. The Morgan fingerprint density at radius 2 is 1.43 bits per heavy atom. The molecule has 1 N–H and O–H groups in total. The average molecular weight is 508 g/mol. The highest BCUT2D eigenvalue weighted by Crippen LogP contribution is 2.40. The molecule has 1 aliphatic rings. The molecule has 6 nitrogen and oxygen atoms in total. The second-order valence-corrected chi connectivity index (χ2v) is 11.1. The number of rotatable bonds is 7. The van der Waals surface area contributed by atoms with Crippen molar-refractivity contribution in [2.75, 3.05) is 5.32 Å². The molecule has 6 rings (SSSR count). The maximum Gasteiger partial charge on any atom is 0.223 e. The summed E-state index contributed by atoms with van der Waals surface area (Å²) in [5.41, 5.74) is 5.86. The number of nitrogens with zero attached hydrogens (tertiary/aromatic N) is 2. The van der Waals surface area contributed by atoms with Crippen LogP contribution < -0.4 is 5.32 Å². The Morgan fingerprint density at radius 1 is 0.784 bits per heavy atom. The van der Waals surface area contributed by atoms with Gasteiger partial charge in [0.2, 0.25) is 9.84 Å². The van der Waals surface area contributed by atoms with Crippen LogP contribution in [0.5, 0.6) is 0 Å². The van der Waals surface area contributed by atoms with Gasteiger partial charge in [-0.2, -0.15) is 0 Å². The van der Waals surface area contributed by atoms with Crippen molar-refractivity contribution in [2.45, 2.75) is 35.6 Å². The molecule has 5 aromatic rings. The molecule has 37 heavy (non-hydrogen) atoms. The fourth-order valence-corrected chi connectivity index (χ4v) is 5.61. The molecular formula is C30H25N3O3S. The van der Waals surface area contributed by atoms with Gasteiger partial charge in [0.25, 0.3) is 0 Å². The Hall–Kier alpha value is -4.23. The Morgan fingerprint density at radius 3 is 2.11 bits per heavy atom. The fourth-order valence-electron chi connectivity index (χ4n) is 4.37. The summed E-state index contributed by atoms with van der Waals surface area (Å²) in [6.45, 7) is 1.83. The molecule has 1 aliphatic carbocycles. The Kier molecular flexibility index (Phi) is 5.85. The Labute approximate surface area is 215 Å². The van der Waals surface area contributed by atoms with Gasteiger partial charge in [0.1, 0.15) is 17.2 Å². The van der Waals surface area contributed by atoms with Gasteiger partial charge in [0, 0.05) is 5.56 Å². The molecule has 7 heteroatoms. The van der Waals surface area contributed by atoms with Crippen molar-refractivity contribution in [1.82, 2.24) is 10.1 Å². The van der Waals surface area contributed by atoms with Gasteiger partial charge in [0.05, 0.1) is 4.90 Å². The minimum Gasteiger partial charge on any atom is -0.354 e. The second kappa shape index (κ2) is 9.33. The summed E-state index contributed by atoms with van der Waals surface area (Å²) < 4.78 is 31.7. The third-order valence-corrected chi connectivity index (χ3v) is 8.28. The number of anilines is 2. The van der Waals surface area contributed by atoms with Crippen molar-refractivity contribution < 1.29 is 12.9 Å². The predicted molar refractivity (Wildman–Crippen MR) is 144 cm³/mol. The van der Waals surface area contributed by atoms with E-state index >= 15 is 0 Å². The number of pyridine rings is 1. The fraction of sp³-hybridized carbons (Fsp3) is 0.133. The molecule has 3 aromatic carbocycles. The quantitative estimate of drug-likeness (QED) is 0.251. The number of aryl methyl sites for hydroxylation is 1. The molecule has 0 bridgehead atoms. The number of hydrogen-bond donors (Lipinski definition) is 1. The van der Waals surface area contributed by atoms with Crippen LogP contribution in [0.1, 0.15) is 30.0 Å². The van der Waals surface area contributed by atoms with Crippen LogP contribution in [0.15, 0.2) is 112 Å². The van der Waals surface area contributed by atoms with Crippen LogP contribution in [0.2, 0.25) is 0 Å². The summed E-state index contributed by atoms with van der Waals surface area (Å²) in [7, 11) is -3.74. The lowest BCUT2D eigenvalue weighted by Crippen LogP contribution is -2.06. The molecule has 2 aromatic heterocycles. The zero-order valence-corrected chi connectivity index (χ0v) is 21.1. The lowest BCUT2D eigenvalue weighted by Gasteiger charge is -2.09. The maximum atomic E-state index is 13.0. The highest BCUT2D eigenvalue weighted by atomic mass is 32.2. The van der Waals surface area contributed by atoms with E-state index in [0.717, 1.165) is 17.0 Å². The topological polar surface area (TPSA) is 85.1 Å². The molecule has 0 amide bonds. The van der Waals surface area contributed by atoms with E-state index in [1.165, 1.54) is 30.0 Å². The van der Waals surface area contributed by atoms with Crippen LogP contribution in [0.3, 0.4) is 0 Å². The van der Waals surface area contributed by atoms with E-state index in [1.807, 2.05) is 19.1 Å². The van der Waals surface area contributed by atoms with Gasteiger partial charge in [-0.25, -0.2) is 13.4 Å². The normalized spacial score (nSPS) is 13.4. The number of hydrogen-bond acceptors (Lipinski definition) is 6. The van der Waals surface area contributed by atoms with Crippen LogP contribution in [0.4, 0.5) is 11.5 Å². The third-order valence-electron chi connectivity index (χ3n) is 6.61. The van der Waals surface area contributed by atoms with Gasteiger partial charge >= 0.3 is 0 Å². The van der Waals surface area contributed by atoms with Gasteiger partial charge in [-0.1, -0.05) is 78.0 Å². The first-order chi connectivity index (χ1) is 18.0. The maximum absolute atomic E-state index is 13.0. The summed E-state index contributed by atoms with van der Waals surface area (Å²) in [5, 5.41) is 7.33. The van der Waals surface area contributed by atoms with Gasteiger partial charge in [-0.3, -0.25) is 0 Å². The van der Waals surface area contributed by atoms with Crippen molar-refractivity contribution in [1.29, 1.82) is 0 Å².